The molecule has 0 spiro atoms. The smallest absolute Gasteiger partial charge is 0.248 e. The largest absolute Gasteiger partial charge is 0.378 e. The number of nitrogens with one attached hydrogen (secondary N) is 1. The van der Waals surface area contributed by atoms with Gasteiger partial charge in [-0.25, -0.2) is 0 Å². The van der Waals surface area contributed by atoms with Gasteiger partial charge in [0.05, 0.1) is 6.10 Å². The first-order chi connectivity index (χ1) is 9.20. The molecule has 1 heterocycles. The predicted molar refractivity (Wildman–Crippen MR) is 74.8 cm³/mol. The van der Waals surface area contributed by atoms with Crippen LogP contribution in [0.15, 0.2) is 24.3 Å². The van der Waals surface area contributed by atoms with Gasteiger partial charge in [0.2, 0.25) is 5.91 Å². The van der Waals surface area contributed by atoms with Gasteiger partial charge in [0.1, 0.15) is 0 Å². The molecule has 19 heavy (non-hydrogen) atoms. The van der Waals surface area contributed by atoms with E-state index < -0.39 is 0 Å². The van der Waals surface area contributed by atoms with Gasteiger partial charge in [-0.3, -0.25) is 4.79 Å². The molecule has 3 N–H and O–H groups in total. The summed E-state index contributed by atoms with van der Waals surface area (Å²) < 4.78 is 5.67. The average Bonchev–Trinajstić information content (AvgIpc) is 2.86. The van der Waals surface area contributed by atoms with Crippen molar-refractivity contribution in [3.8, 4) is 0 Å². The summed E-state index contributed by atoms with van der Waals surface area (Å²) in [6.07, 6.45) is 2.60. The first-order valence-corrected chi connectivity index (χ1v) is 6.91. The van der Waals surface area contributed by atoms with Gasteiger partial charge >= 0.3 is 0 Å². The molecular weight excluding hydrogens is 240 g/mol. The monoisotopic (exact) mass is 262 g/mol. The highest BCUT2D eigenvalue weighted by molar-refractivity contribution is 5.92. The van der Waals surface area contributed by atoms with Gasteiger partial charge in [-0.2, -0.15) is 0 Å². The molecule has 0 aliphatic carbocycles. The zero-order chi connectivity index (χ0) is 13.7. The van der Waals surface area contributed by atoms with Crippen LogP contribution in [-0.2, 0) is 11.3 Å². The van der Waals surface area contributed by atoms with Crippen molar-refractivity contribution in [2.45, 2.75) is 32.4 Å². The number of ether oxygens (including phenoxy) is 1. The number of hydrogen-bond acceptors (Lipinski definition) is 3. The summed E-state index contributed by atoms with van der Waals surface area (Å²) >= 11 is 0. The SMILES string of the molecule is CCC1OCCC1CNCc1cccc(C(N)=O)c1. The maximum Gasteiger partial charge on any atom is 0.248 e. The third-order valence-electron chi connectivity index (χ3n) is 3.70. The van der Waals surface area contributed by atoms with Gasteiger partial charge in [-0.05, 0) is 36.5 Å². The molecule has 4 nitrogen and oxygen atoms in total. The lowest BCUT2D eigenvalue weighted by Gasteiger charge is -2.17. The molecule has 1 fully saturated rings. The Morgan fingerprint density at radius 2 is 2.37 bits per heavy atom. The van der Waals surface area contributed by atoms with Crippen molar-refractivity contribution in [3.05, 3.63) is 35.4 Å². The Kier molecular flexibility index (Phi) is 4.93. The zero-order valence-corrected chi connectivity index (χ0v) is 11.4. The second-order valence-electron chi connectivity index (χ2n) is 5.06. The molecule has 1 aliphatic rings. The minimum Gasteiger partial charge on any atom is -0.378 e. The first-order valence-electron chi connectivity index (χ1n) is 6.91. The summed E-state index contributed by atoms with van der Waals surface area (Å²) in [5, 5.41) is 3.44. The Balaban J connectivity index is 1.82. The van der Waals surface area contributed by atoms with E-state index in [0.717, 1.165) is 38.1 Å². The Hall–Kier alpha value is -1.39. The molecule has 104 valence electrons. The van der Waals surface area contributed by atoms with Gasteiger partial charge in [0.25, 0.3) is 0 Å². The quantitative estimate of drug-likeness (QED) is 0.820. The van der Waals surface area contributed by atoms with Crippen LogP contribution in [-0.4, -0.2) is 25.2 Å². The Morgan fingerprint density at radius 3 is 3.11 bits per heavy atom. The van der Waals surface area contributed by atoms with Crippen LogP contribution in [0.2, 0.25) is 0 Å². The summed E-state index contributed by atoms with van der Waals surface area (Å²) in [4.78, 5) is 11.1. The number of amides is 1. The molecule has 2 rings (SSSR count). The fourth-order valence-corrected chi connectivity index (χ4v) is 2.61. The number of primary amides is 1. The van der Waals surface area contributed by atoms with Crippen LogP contribution in [0.4, 0.5) is 0 Å². The van der Waals surface area contributed by atoms with E-state index in [9.17, 15) is 4.79 Å². The van der Waals surface area contributed by atoms with E-state index in [1.165, 1.54) is 0 Å². The van der Waals surface area contributed by atoms with E-state index in [4.69, 9.17) is 10.5 Å². The van der Waals surface area contributed by atoms with Gasteiger partial charge in [-0.15, -0.1) is 0 Å². The van der Waals surface area contributed by atoms with Crippen LogP contribution in [0.5, 0.6) is 0 Å². The van der Waals surface area contributed by atoms with Crippen molar-refractivity contribution in [1.29, 1.82) is 0 Å². The highest BCUT2D eigenvalue weighted by Crippen LogP contribution is 2.22. The summed E-state index contributed by atoms with van der Waals surface area (Å²) in [7, 11) is 0. The minimum atomic E-state index is -0.378. The average molecular weight is 262 g/mol. The zero-order valence-electron chi connectivity index (χ0n) is 11.4. The number of hydrogen-bond donors (Lipinski definition) is 2. The summed E-state index contributed by atoms with van der Waals surface area (Å²) in [5.41, 5.74) is 6.92. The molecule has 0 radical (unpaired) electrons. The summed E-state index contributed by atoms with van der Waals surface area (Å²) in [6.45, 7) is 4.76. The molecule has 1 aromatic carbocycles. The third kappa shape index (κ3) is 3.78. The van der Waals surface area contributed by atoms with Crippen LogP contribution >= 0.6 is 0 Å². The van der Waals surface area contributed by atoms with Crippen molar-refractivity contribution in [1.82, 2.24) is 5.32 Å². The van der Waals surface area contributed by atoms with Crippen LogP contribution in [0, 0.1) is 5.92 Å². The summed E-state index contributed by atoms with van der Waals surface area (Å²) in [6, 6.07) is 7.45. The van der Waals surface area contributed by atoms with Crippen molar-refractivity contribution in [2.75, 3.05) is 13.2 Å². The van der Waals surface area contributed by atoms with Crippen molar-refractivity contribution in [3.63, 3.8) is 0 Å². The van der Waals surface area contributed by atoms with E-state index in [0.29, 0.717) is 17.6 Å². The first kappa shape index (κ1) is 14.0. The Bertz CT molecular complexity index is 434. The number of carbonyl (C=O) groups excluding carboxylic acids is 1. The van der Waals surface area contributed by atoms with E-state index >= 15 is 0 Å². The van der Waals surface area contributed by atoms with Crippen LogP contribution < -0.4 is 11.1 Å². The molecule has 0 aromatic heterocycles. The fourth-order valence-electron chi connectivity index (χ4n) is 2.61. The molecule has 0 bridgehead atoms. The summed E-state index contributed by atoms with van der Waals surface area (Å²) in [5.74, 6) is 0.224. The third-order valence-corrected chi connectivity index (χ3v) is 3.70. The Morgan fingerprint density at radius 1 is 1.53 bits per heavy atom. The number of nitrogens with two attached hydrogens (primary N) is 1. The van der Waals surface area contributed by atoms with Crippen LogP contribution in [0.25, 0.3) is 0 Å². The van der Waals surface area contributed by atoms with Crippen LogP contribution in [0.3, 0.4) is 0 Å². The Labute approximate surface area is 114 Å². The molecule has 4 heteroatoms. The number of rotatable bonds is 6. The van der Waals surface area contributed by atoms with Gasteiger partial charge < -0.3 is 15.8 Å². The second kappa shape index (κ2) is 6.68. The molecule has 1 saturated heterocycles. The van der Waals surface area contributed by atoms with Gasteiger partial charge in [-0.1, -0.05) is 19.1 Å². The number of carbonyl (C=O) groups is 1. The van der Waals surface area contributed by atoms with E-state index in [1.807, 2.05) is 18.2 Å². The standard InChI is InChI=1S/C15H22N2O2/c1-2-14-13(6-7-19-14)10-17-9-11-4-3-5-12(8-11)15(16)18/h3-5,8,13-14,17H,2,6-7,9-10H2,1H3,(H2,16,18). The molecule has 1 amide bonds. The molecule has 1 aromatic rings. The molecule has 2 unspecified atom stereocenters. The van der Waals surface area contributed by atoms with Crippen molar-refractivity contribution in [2.24, 2.45) is 11.7 Å². The van der Waals surface area contributed by atoms with Gasteiger partial charge in [0, 0.05) is 25.3 Å². The molecular formula is C15H22N2O2. The maximum absolute atomic E-state index is 11.1. The highest BCUT2D eigenvalue weighted by Gasteiger charge is 2.25. The lowest BCUT2D eigenvalue weighted by Crippen LogP contribution is -2.28. The normalized spacial score (nSPS) is 22.6. The fraction of sp³-hybridized carbons (Fsp3) is 0.533. The van der Waals surface area contributed by atoms with Crippen molar-refractivity contribution >= 4 is 5.91 Å². The number of benzene rings is 1. The van der Waals surface area contributed by atoms with E-state index in [1.54, 1.807) is 6.07 Å². The van der Waals surface area contributed by atoms with Crippen molar-refractivity contribution < 1.29 is 9.53 Å². The lowest BCUT2D eigenvalue weighted by molar-refractivity contribution is 0.0872. The minimum absolute atomic E-state index is 0.378. The molecule has 2 atom stereocenters. The van der Waals surface area contributed by atoms with Gasteiger partial charge in [0.15, 0.2) is 0 Å². The highest BCUT2D eigenvalue weighted by atomic mass is 16.5. The maximum atomic E-state index is 11.1. The second-order valence-corrected chi connectivity index (χ2v) is 5.06. The lowest BCUT2D eigenvalue weighted by atomic mass is 9.99. The topological polar surface area (TPSA) is 64.3 Å². The molecule has 0 saturated carbocycles. The van der Waals surface area contributed by atoms with E-state index in [2.05, 4.69) is 12.2 Å². The molecule has 1 aliphatic heterocycles. The predicted octanol–water partition coefficient (Wildman–Crippen LogP) is 1.69. The van der Waals surface area contributed by atoms with Crippen LogP contribution in [0.1, 0.15) is 35.7 Å². The van der Waals surface area contributed by atoms with E-state index in [-0.39, 0.29) is 5.91 Å².